The predicted octanol–water partition coefficient (Wildman–Crippen LogP) is 7.02. The predicted molar refractivity (Wildman–Crippen MR) is 135 cm³/mol. The Bertz CT molecular complexity index is 1370. The quantitative estimate of drug-likeness (QED) is 0.241. The second-order valence-electron chi connectivity index (χ2n) is 6.45. The molecule has 162 valence electrons. The van der Waals surface area contributed by atoms with Crippen LogP contribution in [0.4, 0.5) is 5.69 Å². The summed E-state index contributed by atoms with van der Waals surface area (Å²) in [5.41, 5.74) is 2.64. The van der Waals surface area contributed by atoms with Crippen LogP contribution in [0.15, 0.2) is 42.5 Å². The van der Waals surface area contributed by atoms with Crippen LogP contribution in [0.25, 0.3) is 22.2 Å². The molecule has 3 aromatic carbocycles. The highest BCUT2D eigenvalue weighted by Crippen LogP contribution is 2.44. The van der Waals surface area contributed by atoms with Gasteiger partial charge < -0.3 is 5.32 Å². The van der Waals surface area contributed by atoms with Crippen LogP contribution in [0.3, 0.4) is 0 Å². The van der Waals surface area contributed by atoms with Crippen LogP contribution in [-0.2, 0) is 0 Å². The summed E-state index contributed by atoms with van der Waals surface area (Å²) in [6.45, 7) is 0. The molecule has 4 rings (SSSR count). The van der Waals surface area contributed by atoms with Crippen molar-refractivity contribution in [2.24, 2.45) is 0 Å². The van der Waals surface area contributed by atoms with E-state index >= 15 is 0 Å². The van der Waals surface area contributed by atoms with Crippen LogP contribution in [0.1, 0.15) is 10.4 Å². The highest BCUT2D eigenvalue weighted by Gasteiger charge is 2.20. The van der Waals surface area contributed by atoms with Gasteiger partial charge in [-0.3, -0.25) is 10.1 Å². The van der Waals surface area contributed by atoms with Gasteiger partial charge in [-0.25, -0.2) is 0 Å². The van der Waals surface area contributed by atoms with Crippen molar-refractivity contribution in [1.82, 2.24) is 20.7 Å². The molecule has 4 aromatic rings. The largest absolute Gasteiger partial charge is 0.332 e. The van der Waals surface area contributed by atoms with Gasteiger partial charge in [-0.1, -0.05) is 70.1 Å². The summed E-state index contributed by atoms with van der Waals surface area (Å²) in [6.07, 6.45) is 0. The summed E-state index contributed by atoms with van der Waals surface area (Å²) in [6, 6.07) is 11.5. The van der Waals surface area contributed by atoms with Crippen molar-refractivity contribution < 1.29 is 4.79 Å². The fourth-order valence-corrected chi connectivity index (χ4v) is 4.59. The lowest BCUT2D eigenvalue weighted by Crippen LogP contribution is -2.34. The Kier molecular flexibility index (Phi) is 6.76. The number of aromatic nitrogens is 3. The first-order valence-electron chi connectivity index (χ1n) is 8.81. The number of thiocarbonyl (C=S) groups is 1. The molecule has 1 aromatic heterocycles. The molecule has 0 spiro atoms. The Morgan fingerprint density at radius 1 is 0.906 bits per heavy atom. The van der Waals surface area contributed by atoms with Gasteiger partial charge in [0, 0.05) is 16.8 Å². The molecule has 0 aliphatic heterocycles. The number of fused-ring (bicyclic) bond motifs is 1. The van der Waals surface area contributed by atoms with Gasteiger partial charge in [0.25, 0.3) is 5.91 Å². The zero-order chi connectivity index (χ0) is 23.0. The normalized spacial score (nSPS) is 10.9. The number of hydrogen-bond donors (Lipinski definition) is 3. The number of amides is 1. The number of anilines is 1. The summed E-state index contributed by atoms with van der Waals surface area (Å²) >= 11 is 37.0. The third-order valence-electron chi connectivity index (χ3n) is 4.41. The Morgan fingerprint density at radius 3 is 2.28 bits per heavy atom. The number of carbonyl (C=O) groups excluding carboxylic acids is 1. The van der Waals surface area contributed by atoms with Crippen molar-refractivity contribution in [3.63, 3.8) is 0 Å². The molecule has 0 saturated carbocycles. The van der Waals surface area contributed by atoms with Crippen molar-refractivity contribution in [2.75, 3.05) is 5.32 Å². The molecule has 0 unspecified atom stereocenters. The van der Waals surface area contributed by atoms with E-state index in [9.17, 15) is 4.79 Å². The number of hydrogen-bond acceptors (Lipinski definition) is 4. The van der Waals surface area contributed by atoms with E-state index in [-0.39, 0.29) is 25.2 Å². The fraction of sp³-hybridized carbons (Fsp3) is 0. The standard InChI is InChI=1S/C20H10Cl5N5OS/c21-11-4-2-1-3-9(11)19(31)27-20(32)26-8-5-12(22)15(13(23)6-8)10-7-14-18(29-30-28-14)17(25)16(10)24/h1-7H,(H,28,29,30)(H2,26,27,31,32). The number of H-pyrrole nitrogens is 1. The number of carbonyl (C=O) groups is 1. The van der Waals surface area contributed by atoms with E-state index in [0.29, 0.717) is 38.4 Å². The summed E-state index contributed by atoms with van der Waals surface area (Å²) in [4.78, 5) is 12.4. The first kappa shape index (κ1) is 23.0. The van der Waals surface area contributed by atoms with E-state index in [1.54, 1.807) is 42.5 Å². The minimum Gasteiger partial charge on any atom is -0.332 e. The van der Waals surface area contributed by atoms with Crippen LogP contribution in [-0.4, -0.2) is 26.4 Å². The molecule has 12 heteroatoms. The molecule has 1 amide bonds. The second kappa shape index (κ2) is 9.39. The lowest BCUT2D eigenvalue weighted by atomic mass is 10.0. The van der Waals surface area contributed by atoms with E-state index < -0.39 is 5.91 Å². The van der Waals surface area contributed by atoms with Crippen molar-refractivity contribution in [3.8, 4) is 11.1 Å². The minimum atomic E-state index is -0.454. The molecular formula is C20H10Cl5N5OS. The monoisotopic (exact) mass is 543 g/mol. The molecule has 0 aliphatic rings. The summed E-state index contributed by atoms with van der Waals surface area (Å²) < 4.78 is 0. The van der Waals surface area contributed by atoms with Crippen LogP contribution < -0.4 is 10.6 Å². The van der Waals surface area contributed by atoms with E-state index in [0.717, 1.165) is 0 Å². The van der Waals surface area contributed by atoms with Crippen LogP contribution in [0, 0.1) is 0 Å². The average molecular weight is 546 g/mol. The van der Waals surface area contributed by atoms with E-state index in [1.165, 1.54) is 0 Å². The first-order valence-corrected chi connectivity index (χ1v) is 11.1. The number of rotatable bonds is 3. The topological polar surface area (TPSA) is 82.7 Å². The van der Waals surface area contributed by atoms with Crippen molar-refractivity contribution in [1.29, 1.82) is 0 Å². The second-order valence-corrected chi connectivity index (χ2v) is 8.83. The molecule has 0 bridgehead atoms. The van der Waals surface area contributed by atoms with Gasteiger partial charge in [0.2, 0.25) is 0 Å². The SMILES string of the molecule is O=C(NC(=S)Nc1cc(Cl)c(-c2cc3n[nH]nc3c(Cl)c2Cl)c(Cl)c1)c1ccccc1Cl. The van der Waals surface area contributed by atoms with Gasteiger partial charge in [0.05, 0.1) is 30.7 Å². The maximum absolute atomic E-state index is 12.4. The molecule has 0 atom stereocenters. The molecule has 0 saturated heterocycles. The third-order valence-corrected chi connectivity index (χ3v) is 6.40. The Hall–Kier alpha value is -2.13. The van der Waals surface area contributed by atoms with E-state index in [4.69, 9.17) is 70.2 Å². The van der Waals surface area contributed by atoms with E-state index in [2.05, 4.69) is 26.0 Å². The van der Waals surface area contributed by atoms with Gasteiger partial charge in [-0.2, -0.15) is 15.4 Å². The molecular weight excluding hydrogens is 536 g/mol. The van der Waals surface area contributed by atoms with Gasteiger partial charge in [0.15, 0.2) is 5.11 Å². The Balaban J connectivity index is 1.60. The molecule has 3 N–H and O–H groups in total. The zero-order valence-corrected chi connectivity index (χ0v) is 20.2. The number of nitrogens with zero attached hydrogens (tertiary/aromatic N) is 2. The van der Waals surface area contributed by atoms with Gasteiger partial charge >= 0.3 is 0 Å². The molecule has 0 fully saturated rings. The Labute approximate surface area is 212 Å². The third kappa shape index (κ3) is 4.50. The van der Waals surface area contributed by atoms with Gasteiger partial charge in [-0.15, -0.1) is 0 Å². The minimum absolute atomic E-state index is 0.0416. The van der Waals surface area contributed by atoms with Crippen molar-refractivity contribution in [2.45, 2.75) is 0 Å². The number of halogens is 5. The maximum Gasteiger partial charge on any atom is 0.258 e. The summed E-state index contributed by atoms with van der Waals surface area (Å²) in [5, 5.41) is 17.3. The smallest absolute Gasteiger partial charge is 0.258 e. The van der Waals surface area contributed by atoms with Gasteiger partial charge in [0.1, 0.15) is 11.0 Å². The molecule has 6 nitrogen and oxygen atoms in total. The maximum atomic E-state index is 12.4. The highest BCUT2D eigenvalue weighted by atomic mass is 35.5. The lowest BCUT2D eigenvalue weighted by Gasteiger charge is -2.15. The number of benzene rings is 3. The number of nitrogens with one attached hydrogen (secondary N) is 3. The molecule has 32 heavy (non-hydrogen) atoms. The average Bonchev–Trinajstić information content (AvgIpc) is 3.20. The van der Waals surface area contributed by atoms with E-state index in [1.807, 2.05) is 0 Å². The van der Waals surface area contributed by atoms with Crippen LogP contribution >= 0.6 is 70.2 Å². The number of aromatic amines is 1. The van der Waals surface area contributed by atoms with Crippen LogP contribution in [0.5, 0.6) is 0 Å². The summed E-state index contributed by atoms with van der Waals surface area (Å²) in [7, 11) is 0. The van der Waals surface area contributed by atoms with Crippen LogP contribution in [0.2, 0.25) is 25.1 Å². The Morgan fingerprint density at radius 2 is 1.59 bits per heavy atom. The lowest BCUT2D eigenvalue weighted by molar-refractivity contribution is 0.0978. The highest BCUT2D eigenvalue weighted by molar-refractivity contribution is 7.80. The molecule has 0 radical (unpaired) electrons. The zero-order valence-electron chi connectivity index (χ0n) is 15.6. The molecule has 1 heterocycles. The van der Waals surface area contributed by atoms with Crippen molar-refractivity contribution in [3.05, 3.63) is 73.1 Å². The molecule has 0 aliphatic carbocycles. The summed E-state index contributed by atoms with van der Waals surface area (Å²) in [5.74, 6) is -0.454. The fourth-order valence-electron chi connectivity index (χ4n) is 2.99. The van der Waals surface area contributed by atoms with Crippen molar-refractivity contribution >= 4 is 98.0 Å². The first-order chi connectivity index (χ1) is 15.3. The van der Waals surface area contributed by atoms with Gasteiger partial charge in [-0.05, 0) is 42.5 Å².